The van der Waals surface area contributed by atoms with Crippen LogP contribution in [-0.2, 0) is 0 Å². The zero-order valence-corrected chi connectivity index (χ0v) is 15.7. The van der Waals surface area contributed by atoms with Crippen LogP contribution in [0, 0.1) is 5.92 Å². The Balaban J connectivity index is 0.00000121. The lowest BCUT2D eigenvalue weighted by molar-refractivity contribution is 0.125. The third-order valence-corrected chi connectivity index (χ3v) is 5.35. The topological polar surface area (TPSA) is 15.3 Å². The van der Waals surface area contributed by atoms with E-state index < -0.39 is 0 Å². The number of halogens is 4. The van der Waals surface area contributed by atoms with Gasteiger partial charge in [-0.15, -0.1) is 24.8 Å². The van der Waals surface area contributed by atoms with Crippen LogP contribution in [0.4, 0.5) is 0 Å². The van der Waals surface area contributed by atoms with Crippen molar-refractivity contribution in [2.45, 2.75) is 31.7 Å². The second-order valence-corrected chi connectivity index (χ2v) is 6.73. The molecular weight excluding hydrogens is 362 g/mol. The molecule has 126 valence electrons. The van der Waals surface area contributed by atoms with E-state index in [1.54, 1.807) is 0 Å². The SMILES string of the molecule is Cl.Cl.Clc1cccc(Cl)c1[C@H](C1CCCC1)N1CCNCC1. The van der Waals surface area contributed by atoms with Crippen molar-refractivity contribution in [1.29, 1.82) is 0 Å². The van der Waals surface area contributed by atoms with Gasteiger partial charge in [-0.2, -0.15) is 0 Å². The van der Waals surface area contributed by atoms with E-state index in [0.29, 0.717) is 12.0 Å². The average Bonchev–Trinajstić information content (AvgIpc) is 2.98. The molecule has 0 radical (unpaired) electrons. The fourth-order valence-electron chi connectivity index (χ4n) is 3.74. The van der Waals surface area contributed by atoms with E-state index in [9.17, 15) is 0 Å². The molecule has 0 aromatic heterocycles. The van der Waals surface area contributed by atoms with Gasteiger partial charge in [0.25, 0.3) is 0 Å². The van der Waals surface area contributed by atoms with Crippen molar-refractivity contribution in [3.8, 4) is 0 Å². The molecule has 2 nitrogen and oxygen atoms in total. The molecule has 1 aromatic rings. The van der Waals surface area contributed by atoms with Gasteiger partial charge in [0.05, 0.1) is 0 Å². The Kier molecular flexibility index (Phi) is 8.84. The van der Waals surface area contributed by atoms with E-state index in [1.165, 1.54) is 25.7 Å². The molecule has 1 saturated heterocycles. The standard InChI is InChI=1S/C16H22Cl2N2.2ClH/c17-13-6-3-7-14(18)15(13)16(12-4-1-2-5-12)20-10-8-19-9-11-20;;/h3,6-7,12,16,19H,1-2,4-5,8-11H2;2*1H/t16-;;/m0../s1. The highest BCUT2D eigenvalue weighted by Gasteiger charge is 2.34. The molecule has 1 N–H and O–H groups in total. The first kappa shape index (κ1) is 20.3. The first-order valence-electron chi connectivity index (χ1n) is 7.66. The Labute approximate surface area is 155 Å². The van der Waals surface area contributed by atoms with Crippen LogP contribution in [0.25, 0.3) is 0 Å². The molecule has 3 rings (SSSR count). The first-order chi connectivity index (χ1) is 9.77. The molecule has 1 atom stereocenters. The Morgan fingerprint density at radius 2 is 1.55 bits per heavy atom. The van der Waals surface area contributed by atoms with Crippen LogP contribution in [0.15, 0.2) is 18.2 Å². The molecular formula is C16H24Cl4N2. The maximum Gasteiger partial charge on any atom is 0.0468 e. The third kappa shape index (κ3) is 4.43. The lowest BCUT2D eigenvalue weighted by Crippen LogP contribution is -2.46. The molecule has 1 aliphatic carbocycles. The molecule has 6 heteroatoms. The van der Waals surface area contributed by atoms with E-state index in [2.05, 4.69) is 10.2 Å². The van der Waals surface area contributed by atoms with Crippen molar-refractivity contribution < 1.29 is 0 Å². The summed E-state index contributed by atoms with van der Waals surface area (Å²) in [7, 11) is 0. The number of hydrogen-bond acceptors (Lipinski definition) is 2. The van der Waals surface area contributed by atoms with Crippen LogP contribution in [0.2, 0.25) is 10.0 Å². The molecule has 0 bridgehead atoms. The summed E-state index contributed by atoms with van der Waals surface area (Å²) in [6.45, 7) is 4.29. The minimum Gasteiger partial charge on any atom is -0.314 e. The Hall–Kier alpha value is 0.300. The highest BCUT2D eigenvalue weighted by atomic mass is 35.5. The Bertz CT molecular complexity index is 437. The molecule has 0 amide bonds. The highest BCUT2D eigenvalue weighted by molar-refractivity contribution is 6.36. The molecule has 1 aliphatic heterocycles. The van der Waals surface area contributed by atoms with Gasteiger partial charge in [0.1, 0.15) is 0 Å². The highest BCUT2D eigenvalue weighted by Crippen LogP contribution is 2.44. The number of rotatable bonds is 3. The number of hydrogen-bond donors (Lipinski definition) is 1. The minimum atomic E-state index is 0. The maximum atomic E-state index is 6.50. The fourth-order valence-corrected chi connectivity index (χ4v) is 4.36. The summed E-state index contributed by atoms with van der Waals surface area (Å²) in [6.07, 6.45) is 5.29. The Morgan fingerprint density at radius 3 is 2.09 bits per heavy atom. The average molecular weight is 386 g/mol. The van der Waals surface area contributed by atoms with Gasteiger partial charge >= 0.3 is 0 Å². The zero-order valence-electron chi connectivity index (χ0n) is 12.6. The van der Waals surface area contributed by atoms with Crippen molar-refractivity contribution in [3.05, 3.63) is 33.8 Å². The zero-order chi connectivity index (χ0) is 13.9. The Morgan fingerprint density at radius 1 is 1.00 bits per heavy atom. The van der Waals surface area contributed by atoms with Crippen LogP contribution >= 0.6 is 48.0 Å². The smallest absolute Gasteiger partial charge is 0.0468 e. The summed E-state index contributed by atoms with van der Waals surface area (Å²) < 4.78 is 0. The molecule has 1 heterocycles. The second kappa shape index (κ2) is 9.56. The summed E-state index contributed by atoms with van der Waals surface area (Å²) in [5.74, 6) is 0.700. The van der Waals surface area contributed by atoms with Gasteiger partial charge in [-0.25, -0.2) is 0 Å². The molecule has 22 heavy (non-hydrogen) atoms. The summed E-state index contributed by atoms with van der Waals surface area (Å²) in [5, 5.41) is 5.09. The number of nitrogens with zero attached hydrogens (tertiary/aromatic N) is 1. The lowest BCUT2D eigenvalue weighted by Gasteiger charge is -2.39. The van der Waals surface area contributed by atoms with E-state index >= 15 is 0 Å². The molecule has 2 aliphatic rings. The van der Waals surface area contributed by atoms with Crippen molar-refractivity contribution in [2.24, 2.45) is 5.92 Å². The van der Waals surface area contributed by atoms with Crippen molar-refractivity contribution in [3.63, 3.8) is 0 Å². The maximum absolute atomic E-state index is 6.50. The fraction of sp³-hybridized carbons (Fsp3) is 0.625. The molecule has 0 unspecified atom stereocenters. The summed E-state index contributed by atoms with van der Waals surface area (Å²) in [5.41, 5.74) is 1.16. The van der Waals surface area contributed by atoms with E-state index in [-0.39, 0.29) is 24.8 Å². The molecule has 1 aromatic carbocycles. The second-order valence-electron chi connectivity index (χ2n) is 5.91. The van der Waals surface area contributed by atoms with E-state index in [0.717, 1.165) is 41.8 Å². The van der Waals surface area contributed by atoms with Gasteiger partial charge in [0, 0.05) is 47.8 Å². The van der Waals surface area contributed by atoms with Gasteiger partial charge < -0.3 is 5.32 Å². The summed E-state index contributed by atoms with van der Waals surface area (Å²) >= 11 is 13.0. The number of nitrogens with one attached hydrogen (secondary N) is 1. The summed E-state index contributed by atoms with van der Waals surface area (Å²) in [6, 6.07) is 6.29. The van der Waals surface area contributed by atoms with Crippen LogP contribution in [-0.4, -0.2) is 31.1 Å². The van der Waals surface area contributed by atoms with Gasteiger partial charge in [0.2, 0.25) is 0 Å². The monoisotopic (exact) mass is 384 g/mol. The largest absolute Gasteiger partial charge is 0.314 e. The van der Waals surface area contributed by atoms with Crippen molar-refractivity contribution >= 4 is 48.0 Å². The van der Waals surface area contributed by atoms with Crippen LogP contribution < -0.4 is 5.32 Å². The number of piperazine rings is 1. The summed E-state index contributed by atoms with van der Waals surface area (Å²) in [4.78, 5) is 2.58. The van der Waals surface area contributed by atoms with Crippen LogP contribution in [0.3, 0.4) is 0 Å². The number of benzene rings is 1. The third-order valence-electron chi connectivity index (χ3n) is 4.69. The van der Waals surface area contributed by atoms with Gasteiger partial charge in [-0.3, -0.25) is 4.90 Å². The minimum absolute atomic E-state index is 0. The lowest BCUT2D eigenvalue weighted by atomic mass is 9.89. The van der Waals surface area contributed by atoms with Gasteiger partial charge in [-0.1, -0.05) is 42.1 Å². The van der Waals surface area contributed by atoms with Gasteiger partial charge in [-0.05, 0) is 30.9 Å². The molecule has 2 fully saturated rings. The van der Waals surface area contributed by atoms with Crippen molar-refractivity contribution in [2.75, 3.05) is 26.2 Å². The van der Waals surface area contributed by atoms with Crippen LogP contribution in [0.1, 0.15) is 37.3 Å². The normalized spacial score (nSPS) is 21.0. The van der Waals surface area contributed by atoms with Gasteiger partial charge in [0.15, 0.2) is 0 Å². The first-order valence-corrected chi connectivity index (χ1v) is 8.41. The van der Waals surface area contributed by atoms with Crippen molar-refractivity contribution in [1.82, 2.24) is 10.2 Å². The van der Waals surface area contributed by atoms with E-state index in [1.807, 2.05) is 18.2 Å². The molecule has 0 spiro atoms. The predicted molar refractivity (Wildman–Crippen MR) is 100 cm³/mol. The molecule has 1 saturated carbocycles. The quantitative estimate of drug-likeness (QED) is 0.789. The van der Waals surface area contributed by atoms with Crippen LogP contribution in [0.5, 0.6) is 0 Å². The van der Waals surface area contributed by atoms with E-state index in [4.69, 9.17) is 23.2 Å². The predicted octanol–water partition coefficient (Wildman–Crippen LogP) is 4.97.